The standard InChI is InChI=1S/C31H50N4O8/c1-9-42-25(37)17-18-33-28(39)26(22-12-10-11-20(4)27(22)38)35(21(5)14-13-19(2)3)29(40)23(15-16-24(32)36)34-30(41)43-31(6,7)8/h10-12,19,21,23,26,38H,9,13-18H2,1-8H3,(H2,32,36)(H,33,39)(H,34,41). The molecule has 0 aliphatic carbocycles. The monoisotopic (exact) mass is 606 g/mol. The second kappa shape index (κ2) is 17.3. The molecule has 0 aliphatic rings. The zero-order valence-electron chi connectivity index (χ0n) is 26.8. The Morgan fingerprint density at radius 2 is 1.67 bits per heavy atom. The van der Waals surface area contributed by atoms with Gasteiger partial charge in [-0.05, 0) is 72.3 Å². The van der Waals surface area contributed by atoms with Gasteiger partial charge < -0.3 is 35.8 Å². The van der Waals surface area contributed by atoms with Gasteiger partial charge in [0.15, 0.2) is 0 Å². The quantitative estimate of drug-likeness (QED) is 0.206. The molecular formula is C31H50N4O8. The molecule has 0 aliphatic heterocycles. The van der Waals surface area contributed by atoms with Crippen LogP contribution < -0.4 is 16.4 Å². The molecule has 1 aromatic carbocycles. The normalized spacial score (nSPS) is 13.4. The van der Waals surface area contributed by atoms with Crippen molar-refractivity contribution in [1.82, 2.24) is 15.5 Å². The number of benzene rings is 1. The molecule has 4 amide bonds. The predicted molar refractivity (Wildman–Crippen MR) is 162 cm³/mol. The van der Waals surface area contributed by atoms with Crippen molar-refractivity contribution in [3.8, 4) is 5.75 Å². The molecule has 3 unspecified atom stereocenters. The number of aromatic hydroxyl groups is 1. The Balaban J connectivity index is 3.68. The molecule has 0 bridgehead atoms. The van der Waals surface area contributed by atoms with Crippen molar-refractivity contribution in [3.05, 3.63) is 29.3 Å². The summed E-state index contributed by atoms with van der Waals surface area (Å²) < 4.78 is 10.3. The van der Waals surface area contributed by atoms with Crippen molar-refractivity contribution >= 4 is 29.8 Å². The summed E-state index contributed by atoms with van der Waals surface area (Å²) in [5.41, 5.74) is 5.18. The highest BCUT2D eigenvalue weighted by atomic mass is 16.6. The van der Waals surface area contributed by atoms with Crippen molar-refractivity contribution < 1.29 is 38.6 Å². The minimum atomic E-state index is -1.34. The summed E-state index contributed by atoms with van der Waals surface area (Å²) in [7, 11) is 0. The summed E-state index contributed by atoms with van der Waals surface area (Å²) in [5, 5.41) is 16.3. The molecule has 0 radical (unpaired) electrons. The number of para-hydroxylation sites is 1. The topological polar surface area (TPSA) is 177 Å². The molecule has 0 saturated heterocycles. The number of carbonyl (C=O) groups is 5. The zero-order chi connectivity index (χ0) is 32.9. The molecule has 242 valence electrons. The van der Waals surface area contributed by atoms with Crippen LogP contribution in [-0.4, -0.2) is 70.6 Å². The number of phenols is 1. The number of carbonyl (C=O) groups excluding carboxylic acids is 5. The molecule has 0 fully saturated rings. The third-order valence-corrected chi connectivity index (χ3v) is 6.58. The molecular weight excluding hydrogens is 556 g/mol. The van der Waals surface area contributed by atoms with Crippen LogP contribution in [-0.2, 0) is 28.7 Å². The van der Waals surface area contributed by atoms with E-state index < -0.39 is 53.5 Å². The van der Waals surface area contributed by atoms with Gasteiger partial charge >= 0.3 is 12.1 Å². The number of nitrogens with two attached hydrogens (primary N) is 1. The molecule has 3 atom stereocenters. The van der Waals surface area contributed by atoms with E-state index >= 15 is 0 Å². The molecule has 0 aromatic heterocycles. The minimum absolute atomic E-state index is 0.0651. The zero-order valence-corrected chi connectivity index (χ0v) is 26.8. The molecule has 1 aromatic rings. The third-order valence-electron chi connectivity index (χ3n) is 6.58. The van der Waals surface area contributed by atoms with E-state index in [1.165, 1.54) is 4.90 Å². The van der Waals surface area contributed by atoms with Gasteiger partial charge in [0.2, 0.25) is 17.7 Å². The highest BCUT2D eigenvalue weighted by molar-refractivity contribution is 5.93. The van der Waals surface area contributed by atoms with E-state index in [0.29, 0.717) is 18.4 Å². The van der Waals surface area contributed by atoms with Gasteiger partial charge in [0.1, 0.15) is 23.4 Å². The summed E-state index contributed by atoms with van der Waals surface area (Å²) >= 11 is 0. The average Bonchev–Trinajstić information content (AvgIpc) is 2.88. The van der Waals surface area contributed by atoms with E-state index in [-0.39, 0.29) is 49.6 Å². The summed E-state index contributed by atoms with van der Waals surface area (Å²) in [4.78, 5) is 66.0. The first-order chi connectivity index (χ1) is 20.0. The number of nitrogens with one attached hydrogen (secondary N) is 2. The number of rotatable bonds is 16. The number of primary amides is 1. The van der Waals surface area contributed by atoms with Gasteiger partial charge in [-0.25, -0.2) is 4.79 Å². The highest BCUT2D eigenvalue weighted by Crippen LogP contribution is 2.34. The second-order valence-corrected chi connectivity index (χ2v) is 12.0. The molecule has 12 heteroatoms. The van der Waals surface area contributed by atoms with E-state index in [1.807, 2.05) is 13.8 Å². The van der Waals surface area contributed by atoms with Crippen molar-refractivity contribution in [3.63, 3.8) is 0 Å². The number of nitrogens with zero attached hydrogens (tertiary/aromatic N) is 1. The number of aryl methyl sites for hydroxylation is 1. The number of phenolic OH excluding ortho intramolecular Hbond substituents is 1. The maximum Gasteiger partial charge on any atom is 0.408 e. The number of ether oxygens (including phenoxy) is 2. The Hall–Kier alpha value is -3.83. The molecule has 0 spiro atoms. The van der Waals surface area contributed by atoms with E-state index in [0.717, 1.165) is 0 Å². The first kappa shape index (κ1) is 37.2. The molecule has 1 rings (SSSR count). The van der Waals surface area contributed by atoms with Crippen LogP contribution in [0.25, 0.3) is 0 Å². The smallest absolute Gasteiger partial charge is 0.408 e. The van der Waals surface area contributed by atoms with E-state index in [1.54, 1.807) is 59.7 Å². The van der Waals surface area contributed by atoms with E-state index in [4.69, 9.17) is 15.2 Å². The van der Waals surface area contributed by atoms with Crippen molar-refractivity contribution in [2.75, 3.05) is 13.2 Å². The van der Waals surface area contributed by atoms with Crippen LogP contribution in [0.15, 0.2) is 18.2 Å². The van der Waals surface area contributed by atoms with Crippen molar-refractivity contribution in [2.45, 2.75) is 111 Å². The van der Waals surface area contributed by atoms with Crippen LogP contribution in [0.1, 0.15) is 97.7 Å². The third kappa shape index (κ3) is 12.9. The Bertz CT molecular complexity index is 1120. The van der Waals surface area contributed by atoms with Crippen LogP contribution >= 0.6 is 0 Å². The summed E-state index contributed by atoms with van der Waals surface area (Å²) in [6, 6.07) is 1.72. The highest BCUT2D eigenvalue weighted by Gasteiger charge is 2.40. The van der Waals surface area contributed by atoms with Crippen LogP contribution in [0.3, 0.4) is 0 Å². The van der Waals surface area contributed by atoms with Gasteiger partial charge in [0.05, 0.1) is 13.0 Å². The van der Waals surface area contributed by atoms with E-state index in [2.05, 4.69) is 10.6 Å². The number of amides is 4. The van der Waals surface area contributed by atoms with Gasteiger partial charge in [0, 0.05) is 24.6 Å². The van der Waals surface area contributed by atoms with Crippen LogP contribution in [0.2, 0.25) is 0 Å². The second-order valence-electron chi connectivity index (χ2n) is 12.0. The fraction of sp³-hybridized carbons (Fsp3) is 0.645. The maximum atomic E-state index is 14.4. The molecule has 0 saturated carbocycles. The first-order valence-corrected chi connectivity index (χ1v) is 14.8. The first-order valence-electron chi connectivity index (χ1n) is 14.8. The van der Waals surface area contributed by atoms with E-state index in [9.17, 15) is 29.1 Å². The van der Waals surface area contributed by atoms with Gasteiger partial charge in [-0.15, -0.1) is 0 Å². The average molecular weight is 607 g/mol. The molecule has 5 N–H and O–H groups in total. The van der Waals surface area contributed by atoms with Crippen molar-refractivity contribution in [2.24, 2.45) is 11.7 Å². The largest absolute Gasteiger partial charge is 0.507 e. The number of hydrogen-bond donors (Lipinski definition) is 4. The van der Waals surface area contributed by atoms with Gasteiger partial charge in [-0.2, -0.15) is 0 Å². The lowest BCUT2D eigenvalue weighted by Gasteiger charge is -2.39. The lowest BCUT2D eigenvalue weighted by molar-refractivity contribution is -0.146. The Labute approximate surface area is 255 Å². The van der Waals surface area contributed by atoms with Crippen LogP contribution in [0.4, 0.5) is 4.79 Å². The minimum Gasteiger partial charge on any atom is -0.507 e. The summed E-state index contributed by atoms with van der Waals surface area (Å²) in [5.74, 6) is -2.35. The molecule has 43 heavy (non-hydrogen) atoms. The molecule has 12 nitrogen and oxygen atoms in total. The Morgan fingerprint density at radius 1 is 1.02 bits per heavy atom. The fourth-order valence-electron chi connectivity index (χ4n) is 4.42. The van der Waals surface area contributed by atoms with Crippen LogP contribution in [0, 0.1) is 12.8 Å². The fourth-order valence-corrected chi connectivity index (χ4v) is 4.42. The Kier molecular flexibility index (Phi) is 15.0. The van der Waals surface area contributed by atoms with Gasteiger partial charge in [0.25, 0.3) is 0 Å². The van der Waals surface area contributed by atoms with Gasteiger partial charge in [-0.3, -0.25) is 19.2 Å². The SMILES string of the molecule is CCOC(=O)CCNC(=O)C(c1cccc(C)c1O)N(C(=O)C(CCC(N)=O)NC(=O)OC(C)(C)C)C(C)CCC(C)C. The predicted octanol–water partition coefficient (Wildman–Crippen LogP) is 3.62. The summed E-state index contributed by atoms with van der Waals surface area (Å²) in [6.45, 7) is 14.3. The maximum absolute atomic E-state index is 14.4. The lowest BCUT2D eigenvalue weighted by Crippen LogP contribution is -2.55. The van der Waals surface area contributed by atoms with Crippen LogP contribution in [0.5, 0.6) is 5.75 Å². The van der Waals surface area contributed by atoms with Crippen molar-refractivity contribution in [1.29, 1.82) is 0 Å². The number of hydrogen-bond acceptors (Lipinski definition) is 8. The number of esters is 1. The van der Waals surface area contributed by atoms with Gasteiger partial charge in [-0.1, -0.05) is 32.0 Å². The Morgan fingerprint density at radius 3 is 2.23 bits per heavy atom. The number of alkyl carbamates (subject to hydrolysis) is 1. The summed E-state index contributed by atoms with van der Waals surface area (Å²) in [6.07, 6.45) is -0.112. The lowest BCUT2D eigenvalue weighted by atomic mass is 9.95. The molecule has 0 heterocycles.